The van der Waals surface area contributed by atoms with Crippen LogP contribution in [0.3, 0.4) is 0 Å². The van der Waals surface area contributed by atoms with Crippen LogP contribution in [-0.2, 0) is 27.3 Å². The van der Waals surface area contributed by atoms with Gasteiger partial charge in [0.2, 0.25) is 11.8 Å². The van der Waals surface area contributed by atoms with Gasteiger partial charge in [0.15, 0.2) is 11.5 Å². The van der Waals surface area contributed by atoms with Crippen LogP contribution in [0.1, 0.15) is 30.4 Å². The topological polar surface area (TPSA) is 68.3 Å². The van der Waals surface area contributed by atoms with Crippen molar-refractivity contribution in [2.75, 3.05) is 40.5 Å². The highest BCUT2D eigenvalue weighted by molar-refractivity contribution is 5.89. The summed E-state index contributed by atoms with van der Waals surface area (Å²) in [7, 11) is 3.24. The van der Waals surface area contributed by atoms with Gasteiger partial charge >= 0.3 is 0 Å². The second-order valence-electron chi connectivity index (χ2n) is 7.82. The summed E-state index contributed by atoms with van der Waals surface area (Å²) in [5.41, 5.74) is 2.27. The van der Waals surface area contributed by atoms with E-state index in [1.54, 1.807) is 14.2 Å². The van der Waals surface area contributed by atoms with Crippen LogP contribution in [0.25, 0.3) is 0 Å². The van der Waals surface area contributed by atoms with Crippen LogP contribution in [0.15, 0.2) is 12.1 Å². The molecule has 2 amide bonds. The molecule has 2 unspecified atom stereocenters. The van der Waals surface area contributed by atoms with E-state index < -0.39 is 0 Å². The first-order valence-electron chi connectivity index (χ1n) is 10.0. The van der Waals surface area contributed by atoms with Crippen LogP contribution in [0.5, 0.6) is 11.5 Å². The summed E-state index contributed by atoms with van der Waals surface area (Å²) < 4.78 is 16.4. The Bertz CT molecular complexity index is 759. The molecule has 28 heavy (non-hydrogen) atoms. The molecule has 7 heteroatoms. The van der Waals surface area contributed by atoms with Gasteiger partial charge in [0.05, 0.1) is 26.2 Å². The molecule has 0 aliphatic carbocycles. The van der Waals surface area contributed by atoms with Gasteiger partial charge in [-0.15, -0.1) is 0 Å². The summed E-state index contributed by atoms with van der Waals surface area (Å²) in [5, 5.41) is 0. The van der Waals surface area contributed by atoms with Crippen molar-refractivity contribution >= 4 is 11.8 Å². The lowest BCUT2D eigenvalue weighted by Gasteiger charge is -2.31. The lowest BCUT2D eigenvalue weighted by molar-refractivity contribution is -0.136. The van der Waals surface area contributed by atoms with Gasteiger partial charge in [-0.2, -0.15) is 0 Å². The van der Waals surface area contributed by atoms with Crippen LogP contribution in [0.4, 0.5) is 0 Å². The third-order valence-electron chi connectivity index (χ3n) is 6.04. The predicted molar refractivity (Wildman–Crippen MR) is 102 cm³/mol. The number of amides is 2. The van der Waals surface area contributed by atoms with E-state index in [1.807, 2.05) is 21.9 Å². The van der Waals surface area contributed by atoms with Crippen molar-refractivity contribution in [1.82, 2.24) is 9.80 Å². The molecule has 3 aliphatic rings. The van der Waals surface area contributed by atoms with E-state index >= 15 is 0 Å². The molecule has 0 saturated carbocycles. The zero-order chi connectivity index (χ0) is 19.7. The fourth-order valence-corrected chi connectivity index (χ4v) is 4.48. The van der Waals surface area contributed by atoms with Crippen LogP contribution in [0.2, 0.25) is 0 Å². The Balaban J connectivity index is 1.41. The second-order valence-corrected chi connectivity index (χ2v) is 7.82. The Morgan fingerprint density at radius 2 is 1.96 bits per heavy atom. The van der Waals surface area contributed by atoms with E-state index in [9.17, 15) is 9.59 Å². The van der Waals surface area contributed by atoms with E-state index in [0.717, 1.165) is 31.4 Å². The molecular formula is C21H28N2O5. The summed E-state index contributed by atoms with van der Waals surface area (Å²) in [6, 6.07) is 3.95. The molecule has 3 heterocycles. The maximum atomic E-state index is 13.1. The zero-order valence-electron chi connectivity index (χ0n) is 16.6. The number of likely N-dealkylation sites (tertiary alicyclic amines) is 1. The Morgan fingerprint density at radius 1 is 1.21 bits per heavy atom. The van der Waals surface area contributed by atoms with Crippen LogP contribution >= 0.6 is 0 Å². The largest absolute Gasteiger partial charge is 0.493 e. The smallest absolute Gasteiger partial charge is 0.228 e. The predicted octanol–water partition coefficient (Wildman–Crippen LogP) is 1.62. The second kappa shape index (κ2) is 7.99. The van der Waals surface area contributed by atoms with E-state index in [4.69, 9.17) is 14.2 Å². The highest BCUT2D eigenvalue weighted by Gasteiger charge is 2.38. The fraction of sp³-hybridized carbons (Fsp3) is 0.619. The summed E-state index contributed by atoms with van der Waals surface area (Å²) in [4.78, 5) is 29.1. The van der Waals surface area contributed by atoms with Gasteiger partial charge in [0.1, 0.15) is 0 Å². The van der Waals surface area contributed by atoms with Crippen molar-refractivity contribution in [3.05, 3.63) is 23.3 Å². The minimum absolute atomic E-state index is 0.0673. The Kier molecular flexibility index (Phi) is 5.44. The molecule has 0 N–H and O–H groups in total. The van der Waals surface area contributed by atoms with Crippen molar-refractivity contribution in [2.24, 2.45) is 5.92 Å². The molecule has 4 rings (SSSR count). The fourth-order valence-electron chi connectivity index (χ4n) is 4.48. The molecule has 2 fully saturated rings. The minimum Gasteiger partial charge on any atom is -0.493 e. The van der Waals surface area contributed by atoms with E-state index in [-0.39, 0.29) is 23.8 Å². The lowest BCUT2D eigenvalue weighted by atomic mass is 9.97. The van der Waals surface area contributed by atoms with Gasteiger partial charge in [-0.1, -0.05) is 0 Å². The molecule has 152 valence electrons. The van der Waals surface area contributed by atoms with Gasteiger partial charge in [-0.05, 0) is 42.5 Å². The quantitative estimate of drug-likeness (QED) is 0.767. The highest BCUT2D eigenvalue weighted by atomic mass is 16.5. The summed E-state index contributed by atoms with van der Waals surface area (Å²) in [6.45, 7) is 3.11. The number of benzene rings is 1. The molecule has 1 aromatic rings. The molecule has 0 aromatic heterocycles. The Morgan fingerprint density at radius 3 is 2.64 bits per heavy atom. The molecule has 0 radical (unpaired) electrons. The van der Waals surface area contributed by atoms with Crippen LogP contribution in [0, 0.1) is 5.92 Å². The number of methoxy groups -OCH3 is 2. The first kappa shape index (κ1) is 19.1. The van der Waals surface area contributed by atoms with Gasteiger partial charge in [-0.3, -0.25) is 9.59 Å². The van der Waals surface area contributed by atoms with Crippen molar-refractivity contribution in [1.29, 1.82) is 0 Å². The third kappa shape index (κ3) is 3.68. The number of carbonyl (C=O) groups is 2. The number of rotatable bonds is 5. The van der Waals surface area contributed by atoms with E-state index in [2.05, 4.69) is 0 Å². The maximum absolute atomic E-state index is 13.1. The van der Waals surface area contributed by atoms with E-state index in [1.165, 1.54) is 5.56 Å². The first-order valence-corrected chi connectivity index (χ1v) is 10.0. The summed E-state index contributed by atoms with van der Waals surface area (Å²) in [5.74, 6) is 1.28. The van der Waals surface area contributed by atoms with Crippen molar-refractivity contribution in [3.63, 3.8) is 0 Å². The molecule has 0 bridgehead atoms. The average Bonchev–Trinajstić information content (AvgIpc) is 3.36. The van der Waals surface area contributed by atoms with Gasteiger partial charge in [0.25, 0.3) is 0 Å². The highest BCUT2D eigenvalue weighted by Crippen LogP contribution is 2.34. The monoisotopic (exact) mass is 388 g/mol. The Hall–Kier alpha value is -2.28. The normalized spacial score (nSPS) is 24.4. The van der Waals surface area contributed by atoms with Crippen molar-refractivity contribution in [3.8, 4) is 11.5 Å². The van der Waals surface area contributed by atoms with Gasteiger partial charge < -0.3 is 24.0 Å². The zero-order valence-corrected chi connectivity index (χ0v) is 16.6. The maximum Gasteiger partial charge on any atom is 0.228 e. The van der Waals surface area contributed by atoms with Gasteiger partial charge in [-0.25, -0.2) is 0 Å². The molecule has 3 aliphatic heterocycles. The number of carbonyl (C=O) groups excluding carboxylic acids is 2. The lowest BCUT2D eigenvalue weighted by Crippen LogP contribution is -2.41. The average molecular weight is 388 g/mol. The summed E-state index contributed by atoms with van der Waals surface area (Å²) in [6.07, 6.45) is 3.26. The molecule has 7 nitrogen and oxygen atoms in total. The number of fused-ring (bicyclic) bond motifs is 1. The number of hydrogen-bond donors (Lipinski definition) is 0. The SMILES string of the molecule is COc1cc2c(cc1OC)CN(C(=O)C1CC(=O)N(CC3CCCO3)C1)CC2. The first-order chi connectivity index (χ1) is 13.6. The Labute approximate surface area is 165 Å². The van der Waals surface area contributed by atoms with Gasteiger partial charge in [0, 0.05) is 39.2 Å². The number of nitrogens with zero attached hydrogens (tertiary/aromatic N) is 2. The minimum atomic E-state index is -0.254. The van der Waals surface area contributed by atoms with E-state index in [0.29, 0.717) is 44.1 Å². The molecule has 2 atom stereocenters. The van der Waals surface area contributed by atoms with Crippen molar-refractivity contribution < 1.29 is 23.8 Å². The molecular weight excluding hydrogens is 360 g/mol. The number of ether oxygens (including phenoxy) is 3. The van der Waals surface area contributed by atoms with Crippen LogP contribution < -0.4 is 9.47 Å². The van der Waals surface area contributed by atoms with Crippen LogP contribution in [-0.4, -0.2) is 68.2 Å². The molecule has 1 aromatic carbocycles. The number of hydrogen-bond acceptors (Lipinski definition) is 5. The summed E-state index contributed by atoms with van der Waals surface area (Å²) >= 11 is 0. The molecule has 2 saturated heterocycles. The molecule has 0 spiro atoms. The van der Waals surface area contributed by atoms with Crippen molar-refractivity contribution in [2.45, 2.75) is 38.3 Å². The standard InChI is InChI=1S/C21H28N2O5/c1-26-18-8-14-5-6-22(11-15(14)9-19(18)27-2)21(25)16-10-20(24)23(12-16)13-17-4-3-7-28-17/h8-9,16-17H,3-7,10-13H2,1-2H3. The third-order valence-corrected chi connectivity index (χ3v) is 6.04.